The SMILES string of the molecule is COc1cc2c(c(N3CCN(C)CC3)c1)OC(C(=O)Nc1ccc(N3CCN(C(=O)CO)CC3)cc1)CC2. The molecule has 3 heterocycles. The van der Waals surface area contributed by atoms with E-state index in [2.05, 4.69) is 27.1 Å². The average Bonchev–Trinajstić information content (AvgIpc) is 2.96. The number of benzene rings is 2. The third kappa shape index (κ3) is 5.66. The number of hydrogen-bond donors (Lipinski definition) is 2. The van der Waals surface area contributed by atoms with Gasteiger partial charge in [-0.3, -0.25) is 9.59 Å². The highest BCUT2D eigenvalue weighted by molar-refractivity contribution is 5.95. The number of rotatable bonds is 6. The van der Waals surface area contributed by atoms with E-state index in [1.54, 1.807) is 12.0 Å². The lowest BCUT2D eigenvalue weighted by Gasteiger charge is -2.37. The predicted molar refractivity (Wildman–Crippen MR) is 146 cm³/mol. The number of aliphatic hydroxyl groups is 1. The number of aryl methyl sites for hydroxylation is 1. The molecule has 0 saturated carbocycles. The molecule has 204 valence electrons. The molecule has 2 aromatic carbocycles. The third-order valence-corrected chi connectivity index (χ3v) is 7.70. The van der Waals surface area contributed by atoms with E-state index in [1.165, 1.54) is 0 Å². The van der Waals surface area contributed by atoms with Gasteiger partial charge >= 0.3 is 0 Å². The van der Waals surface area contributed by atoms with Crippen molar-refractivity contribution < 1.29 is 24.2 Å². The summed E-state index contributed by atoms with van der Waals surface area (Å²) in [6.07, 6.45) is 0.775. The maximum absolute atomic E-state index is 13.2. The van der Waals surface area contributed by atoms with Crippen molar-refractivity contribution >= 4 is 28.9 Å². The highest BCUT2D eigenvalue weighted by Gasteiger charge is 2.31. The van der Waals surface area contributed by atoms with E-state index < -0.39 is 12.7 Å². The van der Waals surface area contributed by atoms with E-state index in [-0.39, 0.29) is 11.8 Å². The van der Waals surface area contributed by atoms with Crippen molar-refractivity contribution in [1.29, 1.82) is 0 Å². The van der Waals surface area contributed by atoms with Gasteiger partial charge in [0.15, 0.2) is 6.10 Å². The van der Waals surface area contributed by atoms with Crippen molar-refractivity contribution in [3.05, 3.63) is 42.0 Å². The van der Waals surface area contributed by atoms with Crippen molar-refractivity contribution in [2.45, 2.75) is 18.9 Å². The van der Waals surface area contributed by atoms with Gasteiger partial charge in [-0.25, -0.2) is 0 Å². The van der Waals surface area contributed by atoms with E-state index >= 15 is 0 Å². The molecule has 0 bridgehead atoms. The second-order valence-electron chi connectivity index (χ2n) is 10.1. The number of piperazine rings is 2. The van der Waals surface area contributed by atoms with Crippen LogP contribution in [-0.4, -0.2) is 106 Å². The molecule has 5 rings (SSSR count). The Morgan fingerprint density at radius 3 is 2.34 bits per heavy atom. The summed E-state index contributed by atoms with van der Waals surface area (Å²) < 4.78 is 11.9. The lowest BCUT2D eigenvalue weighted by Crippen LogP contribution is -2.49. The van der Waals surface area contributed by atoms with E-state index in [0.29, 0.717) is 32.6 Å². The molecule has 1 unspecified atom stereocenters. The Bertz CT molecular complexity index is 1140. The number of fused-ring (bicyclic) bond motifs is 1. The number of aliphatic hydroxyl groups excluding tert-OH is 1. The molecule has 2 N–H and O–H groups in total. The van der Waals surface area contributed by atoms with E-state index in [1.807, 2.05) is 36.4 Å². The molecule has 1 atom stereocenters. The highest BCUT2D eigenvalue weighted by atomic mass is 16.5. The number of likely N-dealkylation sites (N-methyl/N-ethyl adjacent to an activating group) is 1. The Balaban J connectivity index is 1.22. The van der Waals surface area contributed by atoms with Crippen LogP contribution in [-0.2, 0) is 16.0 Å². The summed E-state index contributed by atoms with van der Waals surface area (Å²) in [5.41, 5.74) is 3.83. The van der Waals surface area contributed by atoms with Crippen molar-refractivity contribution in [2.24, 2.45) is 0 Å². The van der Waals surface area contributed by atoms with Crippen LogP contribution >= 0.6 is 0 Å². The molecule has 38 heavy (non-hydrogen) atoms. The van der Waals surface area contributed by atoms with Crippen LogP contribution in [0.3, 0.4) is 0 Å². The lowest BCUT2D eigenvalue weighted by atomic mass is 9.99. The first-order valence-corrected chi connectivity index (χ1v) is 13.3. The standard InChI is InChI=1S/C28H37N5O5/c1-30-9-11-32(12-10-30)24-18-23(37-2)17-20-3-8-25(38-27(20)24)28(36)29-21-4-6-22(7-5-21)31-13-15-33(16-14-31)26(35)19-34/h4-7,17-18,25,34H,3,8-16,19H2,1-2H3,(H,29,36). The van der Waals surface area contributed by atoms with Gasteiger partial charge in [-0.1, -0.05) is 0 Å². The lowest BCUT2D eigenvalue weighted by molar-refractivity contribution is -0.134. The molecule has 10 heteroatoms. The van der Waals surface area contributed by atoms with Gasteiger partial charge in [0.1, 0.15) is 18.1 Å². The van der Waals surface area contributed by atoms with Crippen molar-refractivity contribution in [2.75, 3.05) is 88.2 Å². The predicted octanol–water partition coefficient (Wildman–Crippen LogP) is 1.42. The number of nitrogens with one attached hydrogen (secondary N) is 1. The molecule has 2 amide bonds. The number of methoxy groups -OCH3 is 1. The van der Waals surface area contributed by atoms with Crippen molar-refractivity contribution in [3.63, 3.8) is 0 Å². The van der Waals surface area contributed by atoms with Gasteiger partial charge < -0.3 is 39.5 Å². The molecule has 0 radical (unpaired) electrons. The fourth-order valence-corrected chi connectivity index (χ4v) is 5.33. The normalized spacial score (nSPS) is 20.0. The quantitative estimate of drug-likeness (QED) is 0.587. The summed E-state index contributed by atoms with van der Waals surface area (Å²) in [7, 11) is 3.81. The van der Waals surface area contributed by atoms with Gasteiger partial charge in [-0.2, -0.15) is 0 Å². The molecular formula is C28H37N5O5. The fraction of sp³-hybridized carbons (Fsp3) is 0.500. The molecular weight excluding hydrogens is 486 g/mol. The van der Waals surface area contributed by atoms with E-state index in [0.717, 1.165) is 66.7 Å². The molecule has 2 fully saturated rings. The number of ether oxygens (including phenoxy) is 2. The zero-order valence-corrected chi connectivity index (χ0v) is 22.2. The molecule has 2 saturated heterocycles. The topological polar surface area (TPSA) is 97.8 Å². The fourth-order valence-electron chi connectivity index (χ4n) is 5.33. The largest absolute Gasteiger partial charge is 0.497 e. The first-order valence-electron chi connectivity index (χ1n) is 13.3. The zero-order chi connectivity index (χ0) is 26.6. The highest BCUT2D eigenvalue weighted by Crippen LogP contribution is 2.41. The van der Waals surface area contributed by atoms with Crippen LogP contribution in [0.1, 0.15) is 12.0 Å². The third-order valence-electron chi connectivity index (χ3n) is 7.70. The minimum atomic E-state index is -0.570. The Morgan fingerprint density at radius 2 is 1.68 bits per heavy atom. The van der Waals surface area contributed by atoms with Crippen LogP contribution in [0.25, 0.3) is 0 Å². The van der Waals surface area contributed by atoms with Crippen LogP contribution in [0, 0.1) is 0 Å². The van der Waals surface area contributed by atoms with Crippen LogP contribution in [0.15, 0.2) is 36.4 Å². The average molecular weight is 524 g/mol. The Kier molecular flexibility index (Phi) is 7.90. The van der Waals surface area contributed by atoms with Gasteiger partial charge in [0.2, 0.25) is 5.91 Å². The summed E-state index contributed by atoms with van der Waals surface area (Å²) in [5, 5.41) is 12.1. The van der Waals surface area contributed by atoms with Gasteiger partial charge in [0.05, 0.1) is 12.8 Å². The summed E-state index contributed by atoms with van der Waals surface area (Å²) in [4.78, 5) is 33.4. The molecule has 0 aromatic heterocycles. The minimum absolute atomic E-state index is 0.153. The maximum Gasteiger partial charge on any atom is 0.265 e. The van der Waals surface area contributed by atoms with Crippen molar-refractivity contribution in [3.8, 4) is 11.5 Å². The summed E-state index contributed by atoms with van der Waals surface area (Å²) >= 11 is 0. The van der Waals surface area contributed by atoms with E-state index in [4.69, 9.17) is 14.6 Å². The number of anilines is 3. The maximum atomic E-state index is 13.2. The first kappa shape index (κ1) is 26.1. The van der Waals surface area contributed by atoms with Crippen LogP contribution in [0.4, 0.5) is 17.1 Å². The Hall–Kier alpha value is -3.50. The number of nitrogens with zero attached hydrogens (tertiary/aromatic N) is 4. The smallest absolute Gasteiger partial charge is 0.265 e. The second kappa shape index (κ2) is 11.5. The van der Waals surface area contributed by atoms with Crippen LogP contribution < -0.4 is 24.6 Å². The second-order valence-corrected chi connectivity index (χ2v) is 10.1. The number of hydrogen-bond acceptors (Lipinski definition) is 8. The summed E-state index contributed by atoms with van der Waals surface area (Å²) in [6, 6.07) is 11.8. The molecule has 3 aliphatic rings. The summed E-state index contributed by atoms with van der Waals surface area (Å²) in [5.74, 6) is 1.21. The molecule has 2 aromatic rings. The van der Waals surface area contributed by atoms with Gasteiger partial charge in [0, 0.05) is 75.4 Å². The van der Waals surface area contributed by atoms with Crippen LogP contribution in [0.2, 0.25) is 0 Å². The monoisotopic (exact) mass is 523 g/mol. The van der Waals surface area contributed by atoms with Gasteiger partial charge in [-0.05, 0) is 50.2 Å². The molecule has 0 aliphatic carbocycles. The van der Waals surface area contributed by atoms with Gasteiger partial charge in [0.25, 0.3) is 5.91 Å². The molecule has 3 aliphatic heterocycles. The first-order chi connectivity index (χ1) is 18.4. The number of amides is 2. The van der Waals surface area contributed by atoms with Crippen LogP contribution in [0.5, 0.6) is 11.5 Å². The summed E-state index contributed by atoms with van der Waals surface area (Å²) in [6.45, 7) is 5.87. The van der Waals surface area contributed by atoms with E-state index in [9.17, 15) is 9.59 Å². The Morgan fingerprint density at radius 1 is 1.00 bits per heavy atom. The van der Waals surface area contributed by atoms with Crippen molar-refractivity contribution in [1.82, 2.24) is 9.80 Å². The van der Waals surface area contributed by atoms with Gasteiger partial charge in [-0.15, -0.1) is 0 Å². The Labute approximate surface area is 223 Å². The number of carbonyl (C=O) groups excluding carboxylic acids is 2. The minimum Gasteiger partial charge on any atom is -0.497 e. The number of carbonyl (C=O) groups is 2. The molecule has 0 spiro atoms. The zero-order valence-electron chi connectivity index (χ0n) is 22.2. The molecule has 10 nitrogen and oxygen atoms in total.